The van der Waals surface area contributed by atoms with Gasteiger partial charge in [-0.3, -0.25) is 4.90 Å². The van der Waals surface area contributed by atoms with Crippen molar-refractivity contribution in [3.8, 4) is 22.8 Å². The Labute approximate surface area is 142 Å². The highest BCUT2D eigenvalue weighted by Crippen LogP contribution is 2.36. The first-order valence-corrected chi connectivity index (χ1v) is 7.93. The van der Waals surface area contributed by atoms with Crippen LogP contribution in [0.2, 0.25) is 0 Å². The van der Waals surface area contributed by atoms with Crippen LogP contribution in [0.1, 0.15) is 12.5 Å². The summed E-state index contributed by atoms with van der Waals surface area (Å²) >= 11 is 0. The minimum Gasteiger partial charge on any atom is -0.496 e. The second-order valence-electron chi connectivity index (χ2n) is 5.40. The molecule has 0 fully saturated rings. The molecule has 0 unspecified atom stereocenters. The van der Waals surface area contributed by atoms with Crippen LogP contribution in [0, 0.1) is 0 Å². The molecule has 0 saturated heterocycles. The molecule has 130 valence electrons. The standard InChI is InChI=1S/C18H25N3O3/c1-4-21(8-9-22)12-13-10-17(24-3)14(11-16(13)23-2)15-6-5-7-18(19)20-15/h5-7,10-11,22H,4,8-9,12H2,1-3H3,(H2,19,20). The fraction of sp³-hybridized carbons (Fsp3) is 0.389. The monoisotopic (exact) mass is 331 g/mol. The topological polar surface area (TPSA) is 80.8 Å². The molecule has 3 N–H and O–H groups in total. The number of aromatic nitrogens is 1. The van der Waals surface area contributed by atoms with Crippen molar-refractivity contribution >= 4 is 5.82 Å². The lowest BCUT2D eigenvalue weighted by Gasteiger charge is -2.22. The Morgan fingerprint density at radius 2 is 1.92 bits per heavy atom. The summed E-state index contributed by atoms with van der Waals surface area (Å²) in [5, 5.41) is 9.17. The van der Waals surface area contributed by atoms with Crippen molar-refractivity contribution in [2.75, 3.05) is 39.6 Å². The van der Waals surface area contributed by atoms with Crippen LogP contribution in [0.25, 0.3) is 11.3 Å². The summed E-state index contributed by atoms with van der Waals surface area (Å²) < 4.78 is 11.1. The third-order valence-corrected chi connectivity index (χ3v) is 3.91. The Balaban J connectivity index is 2.45. The summed E-state index contributed by atoms with van der Waals surface area (Å²) in [5.41, 5.74) is 8.35. The van der Waals surface area contributed by atoms with Crippen LogP contribution < -0.4 is 15.2 Å². The van der Waals surface area contributed by atoms with Crippen molar-refractivity contribution < 1.29 is 14.6 Å². The Kier molecular flexibility index (Phi) is 6.40. The molecular formula is C18H25N3O3. The summed E-state index contributed by atoms with van der Waals surface area (Å²) in [5.74, 6) is 1.92. The van der Waals surface area contributed by atoms with Crippen molar-refractivity contribution in [3.63, 3.8) is 0 Å². The van der Waals surface area contributed by atoms with Gasteiger partial charge in [-0.15, -0.1) is 0 Å². The van der Waals surface area contributed by atoms with Crippen LogP contribution >= 0.6 is 0 Å². The number of methoxy groups -OCH3 is 2. The molecule has 24 heavy (non-hydrogen) atoms. The van der Waals surface area contributed by atoms with Gasteiger partial charge in [-0.05, 0) is 30.8 Å². The van der Waals surface area contributed by atoms with Crippen LogP contribution in [-0.4, -0.2) is 48.9 Å². The first-order chi connectivity index (χ1) is 11.6. The van der Waals surface area contributed by atoms with E-state index in [-0.39, 0.29) is 6.61 Å². The van der Waals surface area contributed by atoms with Gasteiger partial charge in [0.2, 0.25) is 0 Å². The van der Waals surface area contributed by atoms with Gasteiger partial charge in [0, 0.05) is 24.2 Å². The maximum absolute atomic E-state index is 9.17. The summed E-state index contributed by atoms with van der Waals surface area (Å²) in [7, 11) is 3.27. The molecule has 0 aliphatic carbocycles. The number of nitrogens with two attached hydrogens (primary N) is 1. The first-order valence-electron chi connectivity index (χ1n) is 7.93. The molecule has 0 radical (unpaired) electrons. The van der Waals surface area contributed by atoms with Gasteiger partial charge in [-0.25, -0.2) is 4.98 Å². The highest BCUT2D eigenvalue weighted by atomic mass is 16.5. The van der Waals surface area contributed by atoms with Crippen molar-refractivity contribution in [1.29, 1.82) is 0 Å². The molecule has 0 aliphatic heterocycles. The predicted molar refractivity (Wildman–Crippen MR) is 95.2 cm³/mol. The number of hydrogen-bond donors (Lipinski definition) is 2. The Morgan fingerprint density at radius 1 is 1.17 bits per heavy atom. The summed E-state index contributed by atoms with van der Waals surface area (Å²) in [6.45, 7) is 4.30. The van der Waals surface area contributed by atoms with Gasteiger partial charge in [-0.2, -0.15) is 0 Å². The molecule has 0 spiro atoms. The number of nitrogens with zero attached hydrogens (tertiary/aromatic N) is 2. The van der Waals surface area contributed by atoms with Crippen LogP contribution in [-0.2, 0) is 6.54 Å². The van der Waals surface area contributed by atoms with Gasteiger partial charge in [-0.1, -0.05) is 13.0 Å². The minimum absolute atomic E-state index is 0.124. The van der Waals surface area contributed by atoms with E-state index in [4.69, 9.17) is 15.2 Å². The number of benzene rings is 1. The second-order valence-corrected chi connectivity index (χ2v) is 5.40. The number of likely N-dealkylation sites (N-methyl/N-ethyl adjacent to an activating group) is 1. The molecule has 6 heteroatoms. The molecule has 0 amide bonds. The number of anilines is 1. The van der Waals surface area contributed by atoms with E-state index in [0.717, 1.165) is 29.1 Å². The third-order valence-electron chi connectivity index (χ3n) is 3.91. The van der Waals surface area contributed by atoms with E-state index in [1.54, 1.807) is 20.3 Å². The largest absolute Gasteiger partial charge is 0.496 e. The van der Waals surface area contributed by atoms with Crippen LogP contribution in [0.5, 0.6) is 11.5 Å². The lowest BCUT2D eigenvalue weighted by Crippen LogP contribution is -2.26. The molecule has 0 aliphatic rings. The fourth-order valence-electron chi connectivity index (χ4n) is 2.62. The number of rotatable bonds is 8. The van der Waals surface area contributed by atoms with E-state index >= 15 is 0 Å². The molecule has 0 atom stereocenters. The average molecular weight is 331 g/mol. The zero-order chi connectivity index (χ0) is 17.5. The van der Waals surface area contributed by atoms with Crippen LogP contribution in [0.15, 0.2) is 30.3 Å². The van der Waals surface area contributed by atoms with Crippen LogP contribution in [0.4, 0.5) is 5.82 Å². The lowest BCUT2D eigenvalue weighted by atomic mass is 10.0. The molecule has 2 rings (SSSR count). The minimum atomic E-state index is 0.124. The zero-order valence-electron chi connectivity index (χ0n) is 14.5. The molecular weight excluding hydrogens is 306 g/mol. The third kappa shape index (κ3) is 4.15. The summed E-state index contributed by atoms with van der Waals surface area (Å²) in [4.78, 5) is 6.50. The van der Waals surface area contributed by atoms with E-state index in [0.29, 0.717) is 24.7 Å². The normalized spacial score (nSPS) is 10.9. The molecule has 0 bridgehead atoms. The van der Waals surface area contributed by atoms with Gasteiger partial charge in [0.25, 0.3) is 0 Å². The molecule has 2 aromatic rings. The van der Waals surface area contributed by atoms with E-state index in [2.05, 4.69) is 16.8 Å². The number of aliphatic hydroxyl groups is 1. The highest BCUT2D eigenvalue weighted by Gasteiger charge is 2.15. The fourth-order valence-corrected chi connectivity index (χ4v) is 2.62. The molecule has 0 saturated carbocycles. The van der Waals surface area contributed by atoms with Crippen LogP contribution in [0.3, 0.4) is 0 Å². The average Bonchev–Trinajstić information content (AvgIpc) is 2.60. The van der Waals surface area contributed by atoms with Gasteiger partial charge < -0.3 is 20.3 Å². The quantitative estimate of drug-likeness (QED) is 0.771. The second kappa shape index (κ2) is 8.52. The van der Waals surface area contributed by atoms with Crippen molar-refractivity contribution in [2.45, 2.75) is 13.5 Å². The van der Waals surface area contributed by atoms with E-state index in [9.17, 15) is 5.11 Å². The molecule has 1 aromatic heterocycles. The Morgan fingerprint density at radius 3 is 2.50 bits per heavy atom. The zero-order valence-corrected chi connectivity index (χ0v) is 14.5. The molecule has 6 nitrogen and oxygen atoms in total. The van der Waals surface area contributed by atoms with Crippen molar-refractivity contribution in [1.82, 2.24) is 9.88 Å². The first kappa shape index (κ1) is 18.0. The maximum atomic E-state index is 9.17. The van der Waals surface area contributed by atoms with Gasteiger partial charge in [0.1, 0.15) is 17.3 Å². The van der Waals surface area contributed by atoms with Gasteiger partial charge in [0.05, 0.1) is 26.5 Å². The number of nitrogen functional groups attached to an aromatic ring is 1. The maximum Gasteiger partial charge on any atom is 0.128 e. The number of aliphatic hydroxyl groups excluding tert-OH is 1. The Bertz CT molecular complexity index is 677. The summed E-state index contributed by atoms with van der Waals surface area (Å²) in [6, 6.07) is 9.37. The predicted octanol–water partition coefficient (Wildman–Crippen LogP) is 2.16. The van der Waals surface area contributed by atoms with Crippen molar-refractivity contribution in [3.05, 3.63) is 35.9 Å². The van der Waals surface area contributed by atoms with E-state index in [1.807, 2.05) is 24.3 Å². The lowest BCUT2D eigenvalue weighted by molar-refractivity contribution is 0.195. The molecule has 1 aromatic carbocycles. The number of pyridine rings is 1. The van der Waals surface area contributed by atoms with E-state index < -0.39 is 0 Å². The van der Waals surface area contributed by atoms with E-state index in [1.165, 1.54) is 0 Å². The number of ether oxygens (including phenoxy) is 2. The highest BCUT2D eigenvalue weighted by molar-refractivity contribution is 5.71. The Hall–Kier alpha value is -2.31. The summed E-state index contributed by atoms with van der Waals surface area (Å²) in [6.07, 6.45) is 0. The smallest absolute Gasteiger partial charge is 0.128 e. The van der Waals surface area contributed by atoms with Crippen molar-refractivity contribution in [2.24, 2.45) is 0 Å². The number of hydrogen-bond acceptors (Lipinski definition) is 6. The van der Waals surface area contributed by atoms with Gasteiger partial charge >= 0.3 is 0 Å². The van der Waals surface area contributed by atoms with Gasteiger partial charge in [0.15, 0.2) is 0 Å². The molecule has 1 heterocycles. The SMILES string of the molecule is CCN(CCO)Cc1cc(OC)c(-c2cccc(N)n2)cc1OC.